The minimum atomic E-state index is 0.636. The monoisotopic (exact) mass is 259 g/mol. The van der Waals surface area contributed by atoms with Crippen LogP contribution < -0.4 is 5.32 Å². The number of hydrogen-bond acceptors (Lipinski definition) is 2. The number of aryl methyl sites for hydroxylation is 3. The van der Waals surface area contributed by atoms with Crippen LogP contribution in [0.25, 0.3) is 11.0 Å². The Morgan fingerprint density at radius 3 is 2.42 bits per heavy atom. The summed E-state index contributed by atoms with van der Waals surface area (Å²) in [6.07, 6.45) is 1.08. The van der Waals surface area contributed by atoms with Crippen LogP contribution in [0, 0.1) is 26.7 Å². The van der Waals surface area contributed by atoms with Crippen LogP contribution in [-0.2, 0) is 13.0 Å². The fourth-order valence-electron chi connectivity index (χ4n) is 2.81. The van der Waals surface area contributed by atoms with Gasteiger partial charge in [0, 0.05) is 10.9 Å². The van der Waals surface area contributed by atoms with Crippen molar-refractivity contribution in [3.63, 3.8) is 0 Å². The second-order valence-corrected chi connectivity index (χ2v) is 5.97. The zero-order valence-electron chi connectivity index (χ0n) is 13.0. The van der Waals surface area contributed by atoms with E-state index in [0.717, 1.165) is 24.3 Å². The van der Waals surface area contributed by atoms with Crippen molar-refractivity contribution in [3.8, 4) is 0 Å². The van der Waals surface area contributed by atoms with Gasteiger partial charge in [0.15, 0.2) is 0 Å². The highest BCUT2D eigenvalue weighted by Gasteiger charge is 2.18. The Bertz CT molecular complexity index is 593. The summed E-state index contributed by atoms with van der Waals surface area (Å²) < 4.78 is 6.17. The molecule has 19 heavy (non-hydrogen) atoms. The molecule has 0 aliphatic heterocycles. The SMILES string of the molecule is CNCc1oc2c(C)c(C)cc(C)c2c1CC(C)C. The Hall–Kier alpha value is -1.28. The maximum Gasteiger partial charge on any atom is 0.138 e. The van der Waals surface area contributed by atoms with Crippen molar-refractivity contribution in [2.45, 2.75) is 47.6 Å². The number of fused-ring (bicyclic) bond motifs is 1. The Morgan fingerprint density at radius 2 is 1.84 bits per heavy atom. The van der Waals surface area contributed by atoms with E-state index in [1.807, 2.05) is 7.05 Å². The van der Waals surface area contributed by atoms with Crippen LogP contribution >= 0.6 is 0 Å². The molecule has 2 nitrogen and oxygen atoms in total. The van der Waals surface area contributed by atoms with Gasteiger partial charge in [-0.3, -0.25) is 0 Å². The molecule has 104 valence electrons. The van der Waals surface area contributed by atoms with E-state index in [9.17, 15) is 0 Å². The lowest BCUT2D eigenvalue weighted by Gasteiger charge is -2.08. The van der Waals surface area contributed by atoms with E-state index >= 15 is 0 Å². The molecule has 2 aromatic rings. The summed E-state index contributed by atoms with van der Waals surface area (Å²) in [7, 11) is 1.97. The lowest BCUT2D eigenvalue weighted by Crippen LogP contribution is -2.07. The minimum Gasteiger partial charge on any atom is -0.459 e. The molecule has 2 heteroatoms. The molecule has 0 saturated carbocycles. The van der Waals surface area contributed by atoms with E-state index in [2.05, 4.69) is 46.0 Å². The van der Waals surface area contributed by atoms with Crippen molar-refractivity contribution < 1.29 is 4.42 Å². The quantitative estimate of drug-likeness (QED) is 0.886. The molecule has 0 aliphatic rings. The fourth-order valence-corrected chi connectivity index (χ4v) is 2.81. The van der Waals surface area contributed by atoms with E-state index in [4.69, 9.17) is 4.42 Å². The highest BCUT2D eigenvalue weighted by Crippen LogP contribution is 2.34. The first kappa shape index (κ1) is 14.1. The summed E-state index contributed by atoms with van der Waals surface area (Å²) in [5.41, 5.74) is 6.39. The number of nitrogens with one attached hydrogen (secondary N) is 1. The molecule has 1 N–H and O–H groups in total. The smallest absolute Gasteiger partial charge is 0.138 e. The second-order valence-electron chi connectivity index (χ2n) is 5.97. The van der Waals surface area contributed by atoms with Gasteiger partial charge in [0.2, 0.25) is 0 Å². The van der Waals surface area contributed by atoms with Gasteiger partial charge in [0.05, 0.1) is 6.54 Å². The van der Waals surface area contributed by atoms with Gasteiger partial charge in [0.1, 0.15) is 11.3 Å². The molecule has 0 radical (unpaired) electrons. The average Bonchev–Trinajstić information content (AvgIpc) is 2.66. The van der Waals surface area contributed by atoms with Gasteiger partial charge >= 0.3 is 0 Å². The summed E-state index contributed by atoms with van der Waals surface area (Å²) in [5, 5.41) is 4.55. The first-order valence-corrected chi connectivity index (χ1v) is 7.11. The van der Waals surface area contributed by atoms with E-state index in [1.165, 1.54) is 27.6 Å². The number of benzene rings is 1. The van der Waals surface area contributed by atoms with Crippen molar-refractivity contribution in [2.75, 3.05) is 7.05 Å². The molecule has 0 spiro atoms. The van der Waals surface area contributed by atoms with E-state index in [1.54, 1.807) is 0 Å². The topological polar surface area (TPSA) is 25.2 Å². The van der Waals surface area contributed by atoms with Crippen molar-refractivity contribution in [1.29, 1.82) is 0 Å². The van der Waals surface area contributed by atoms with Gasteiger partial charge in [-0.15, -0.1) is 0 Å². The molecule has 1 aromatic heterocycles. The number of rotatable bonds is 4. The summed E-state index contributed by atoms with van der Waals surface area (Å²) in [6.45, 7) is 11.8. The zero-order chi connectivity index (χ0) is 14.2. The maximum atomic E-state index is 6.17. The lowest BCUT2D eigenvalue weighted by molar-refractivity contribution is 0.514. The van der Waals surface area contributed by atoms with Gasteiger partial charge in [-0.1, -0.05) is 19.9 Å². The largest absolute Gasteiger partial charge is 0.459 e. The molecule has 0 fully saturated rings. The second kappa shape index (κ2) is 5.38. The Kier molecular flexibility index (Phi) is 4.00. The van der Waals surface area contributed by atoms with Gasteiger partial charge in [0.25, 0.3) is 0 Å². The van der Waals surface area contributed by atoms with Crippen LogP contribution in [0.3, 0.4) is 0 Å². The molecule has 0 atom stereocenters. The normalized spacial score (nSPS) is 11.7. The van der Waals surface area contributed by atoms with Gasteiger partial charge in [-0.05, 0) is 56.8 Å². The van der Waals surface area contributed by atoms with Crippen LogP contribution in [0.4, 0.5) is 0 Å². The zero-order valence-corrected chi connectivity index (χ0v) is 13.0. The molecule has 2 rings (SSSR count). The molecule has 0 aliphatic carbocycles. The van der Waals surface area contributed by atoms with E-state index < -0.39 is 0 Å². The first-order chi connectivity index (χ1) is 8.95. The number of hydrogen-bond donors (Lipinski definition) is 1. The van der Waals surface area contributed by atoms with Crippen LogP contribution in [0.1, 0.15) is 41.9 Å². The van der Waals surface area contributed by atoms with Crippen LogP contribution in [0.15, 0.2) is 10.5 Å². The van der Waals surface area contributed by atoms with Crippen LogP contribution in [0.2, 0.25) is 0 Å². The van der Waals surface area contributed by atoms with Gasteiger partial charge < -0.3 is 9.73 Å². The van der Waals surface area contributed by atoms with Crippen LogP contribution in [-0.4, -0.2) is 7.05 Å². The van der Waals surface area contributed by atoms with Crippen molar-refractivity contribution in [3.05, 3.63) is 34.1 Å². The molecule has 0 saturated heterocycles. The van der Waals surface area contributed by atoms with E-state index in [-0.39, 0.29) is 0 Å². The third-order valence-corrected chi connectivity index (χ3v) is 3.80. The molecule has 1 heterocycles. The Labute approximate surface area is 116 Å². The highest BCUT2D eigenvalue weighted by molar-refractivity contribution is 5.89. The molecular weight excluding hydrogens is 234 g/mol. The summed E-state index contributed by atoms with van der Waals surface area (Å²) in [4.78, 5) is 0. The van der Waals surface area contributed by atoms with Crippen LogP contribution in [0.5, 0.6) is 0 Å². The molecule has 1 aromatic carbocycles. The Morgan fingerprint density at radius 1 is 1.16 bits per heavy atom. The van der Waals surface area contributed by atoms with E-state index in [0.29, 0.717) is 5.92 Å². The predicted molar refractivity (Wildman–Crippen MR) is 81.7 cm³/mol. The maximum absolute atomic E-state index is 6.17. The standard InChI is InChI=1S/C17H25NO/c1-10(2)7-14-15(9-18-6)19-17-13(5)11(3)8-12(4)16(14)17/h8,10,18H,7,9H2,1-6H3. The average molecular weight is 259 g/mol. The molecule has 0 unspecified atom stereocenters. The van der Waals surface area contributed by atoms with Gasteiger partial charge in [-0.2, -0.15) is 0 Å². The fraction of sp³-hybridized carbons (Fsp3) is 0.529. The summed E-state index contributed by atoms with van der Waals surface area (Å²) in [6, 6.07) is 2.28. The third kappa shape index (κ3) is 2.55. The minimum absolute atomic E-state index is 0.636. The highest BCUT2D eigenvalue weighted by atomic mass is 16.3. The lowest BCUT2D eigenvalue weighted by atomic mass is 9.94. The van der Waals surface area contributed by atoms with Crippen molar-refractivity contribution in [1.82, 2.24) is 5.32 Å². The molecular formula is C17H25NO. The number of furan rings is 1. The molecule has 0 amide bonds. The summed E-state index contributed by atoms with van der Waals surface area (Å²) >= 11 is 0. The van der Waals surface area contributed by atoms with Crippen molar-refractivity contribution in [2.24, 2.45) is 5.92 Å². The predicted octanol–water partition coefficient (Wildman–Crippen LogP) is 4.28. The first-order valence-electron chi connectivity index (χ1n) is 7.11. The van der Waals surface area contributed by atoms with Gasteiger partial charge in [-0.25, -0.2) is 0 Å². The summed E-state index contributed by atoms with van der Waals surface area (Å²) in [5.74, 6) is 1.74. The van der Waals surface area contributed by atoms with Crippen molar-refractivity contribution >= 4 is 11.0 Å². The third-order valence-electron chi connectivity index (χ3n) is 3.80. The Balaban J connectivity index is 2.73. The molecule has 0 bridgehead atoms.